The first kappa shape index (κ1) is 24.8. The fourth-order valence-electron chi connectivity index (χ4n) is 4.07. The lowest BCUT2D eigenvalue weighted by Crippen LogP contribution is -2.32. The number of fused-ring (bicyclic) bond motifs is 1. The molecule has 178 valence electrons. The smallest absolute Gasteiger partial charge is 0.240 e. The van der Waals surface area contributed by atoms with Crippen molar-refractivity contribution in [3.8, 4) is 0 Å². The van der Waals surface area contributed by atoms with Gasteiger partial charge in [0.1, 0.15) is 5.82 Å². The van der Waals surface area contributed by atoms with E-state index < -0.39 is 15.8 Å². The van der Waals surface area contributed by atoms with Crippen molar-refractivity contribution in [2.45, 2.75) is 38.0 Å². The first-order valence-corrected chi connectivity index (χ1v) is 12.2. The zero-order chi connectivity index (χ0) is 22.6. The number of rotatable bonds is 8. The lowest BCUT2D eigenvalue weighted by molar-refractivity contribution is 0.284. The summed E-state index contributed by atoms with van der Waals surface area (Å²) >= 11 is 0. The van der Waals surface area contributed by atoms with Gasteiger partial charge in [-0.25, -0.2) is 28.4 Å². The molecule has 0 aliphatic heterocycles. The Morgan fingerprint density at radius 2 is 1.58 bits per heavy atom. The van der Waals surface area contributed by atoms with E-state index in [9.17, 15) is 12.8 Å². The highest BCUT2D eigenvalue weighted by molar-refractivity contribution is 7.89. The molecule has 1 heterocycles. The first-order chi connectivity index (χ1) is 15.4. The minimum Gasteiger partial charge on any atom is -0.354 e. The quantitative estimate of drug-likeness (QED) is 0.289. The normalized spacial score (nSPS) is 18.5. The molecule has 0 bridgehead atoms. The highest BCUT2D eigenvalue weighted by Crippen LogP contribution is 2.29. The summed E-state index contributed by atoms with van der Waals surface area (Å²) in [6, 6.07) is 12.5. The van der Waals surface area contributed by atoms with Gasteiger partial charge < -0.3 is 10.7 Å². The Labute approximate surface area is 194 Å². The maximum absolute atomic E-state index is 13.0. The molecule has 1 aliphatic carbocycles. The largest absolute Gasteiger partial charge is 0.354 e. The van der Waals surface area contributed by atoms with Gasteiger partial charge in [-0.1, -0.05) is 19.6 Å². The molecule has 4 rings (SSSR count). The summed E-state index contributed by atoms with van der Waals surface area (Å²) in [7, 11) is -3.62. The number of nitrogens with zero attached hydrogens (tertiary/aromatic N) is 2. The molecule has 33 heavy (non-hydrogen) atoms. The Bertz CT molecular complexity index is 1170. The van der Waals surface area contributed by atoms with Crippen molar-refractivity contribution in [1.29, 1.82) is 0 Å². The molecule has 1 aromatic heterocycles. The number of hydrogen-bond donors (Lipinski definition) is 4. The molecule has 0 atom stereocenters. The Balaban J connectivity index is 0.00000306. The number of halogens is 1. The van der Waals surface area contributed by atoms with E-state index in [1.165, 1.54) is 12.1 Å². The van der Waals surface area contributed by atoms with Gasteiger partial charge in [0.2, 0.25) is 16.0 Å². The summed E-state index contributed by atoms with van der Waals surface area (Å²) in [5, 5.41) is 4.18. The van der Waals surface area contributed by atoms with Crippen LogP contribution >= 0.6 is 0 Å². The summed E-state index contributed by atoms with van der Waals surface area (Å²) in [5.41, 5.74) is 3.44. The Morgan fingerprint density at radius 1 is 0.939 bits per heavy atom. The van der Waals surface area contributed by atoms with E-state index in [1.54, 1.807) is 0 Å². The maximum Gasteiger partial charge on any atom is 0.240 e. The van der Waals surface area contributed by atoms with Crippen LogP contribution in [0.25, 0.3) is 10.9 Å². The number of nitrogens with two attached hydrogens (primary N) is 1. The van der Waals surface area contributed by atoms with Gasteiger partial charge in [0.25, 0.3) is 0 Å². The Hall–Kier alpha value is -2.82. The molecule has 0 saturated heterocycles. The fraction of sp³-hybridized carbons (Fsp3) is 0.391. The minimum absolute atomic E-state index is 0. The number of aromatic nitrogens is 2. The fourth-order valence-corrected chi connectivity index (χ4v) is 5.18. The average Bonchev–Trinajstić information content (AvgIpc) is 2.82. The summed E-state index contributed by atoms with van der Waals surface area (Å²) in [4.78, 5) is 9.09. The first-order valence-electron chi connectivity index (χ1n) is 10.7. The number of hydrazine groups is 1. The Kier molecular flexibility index (Phi) is 8.17. The van der Waals surface area contributed by atoms with Crippen LogP contribution in [-0.2, 0) is 10.0 Å². The second kappa shape index (κ2) is 10.9. The second-order valence-electron chi connectivity index (χ2n) is 8.13. The van der Waals surface area contributed by atoms with Gasteiger partial charge in [0.05, 0.1) is 10.4 Å². The second-order valence-corrected chi connectivity index (χ2v) is 9.90. The van der Waals surface area contributed by atoms with Gasteiger partial charge >= 0.3 is 0 Å². The minimum atomic E-state index is -3.62. The van der Waals surface area contributed by atoms with Crippen molar-refractivity contribution in [3.63, 3.8) is 0 Å². The van der Waals surface area contributed by atoms with Crippen LogP contribution in [0, 0.1) is 17.7 Å². The van der Waals surface area contributed by atoms with E-state index in [4.69, 9.17) is 5.84 Å². The van der Waals surface area contributed by atoms with Crippen molar-refractivity contribution in [2.24, 2.45) is 17.7 Å². The molecule has 5 N–H and O–H groups in total. The average molecular weight is 475 g/mol. The van der Waals surface area contributed by atoms with E-state index in [0.717, 1.165) is 55.3 Å². The third-order valence-corrected chi connectivity index (χ3v) is 7.38. The lowest BCUT2D eigenvalue weighted by Gasteiger charge is -2.28. The van der Waals surface area contributed by atoms with Gasteiger partial charge in [-0.3, -0.25) is 0 Å². The van der Waals surface area contributed by atoms with Gasteiger partial charge in [-0.15, -0.1) is 0 Å². The molecule has 2 aromatic carbocycles. The van der Waals surface area contributed by atoms with Crippen molar-refractivity contribution in [3.05, 3.63) is 54.3 Å². The van der Waals surface area contributed by atoms with Crippen LogP contribution in [0.15, 0.2) is 53.4 Å². The molecule has 10 heteroatoms. The molecule has 8 nitrogen and oxygen atoms in total. The van der Waals surface area contributed by atoms with E-state index in [-0.39, 0.29) is 18.2 Å². The molecule has 0 radical (unpaired) electrons. The number of benzene rings is 2. The van der Waals surface area contributed by atoms with Crippen molar-refractivity contribution in [2.75, 3.05) is 23.8 Å². The highest BCUT2D eigenvalue weighted by Gasteiger charge is 2.23. The molecular weight excluding hydrogens is 443 g/mol. The van der Waals surface area contributed by atoms with Crippen LogP contribution in [0.5, 0.6) is 0 Å². The molecule has 3 aromatic rings. The van der Waals surface area contributed by atoms with Gasteiger partial charge in [-0.05, 0) is 73.9 Å². The van der Waals surface area contributed by atoms with Crippen molar-refractivity contribution < 1.29 is 12.8 Å². The van der Waals surface area contributed by atoms with E-state index in [0.29, 0.717) is 24.2 Å². The Morgan fingerprint density at radius 3 is 2.24 bits per heavy atom. The zero-order valence-electron chi connectivity index (χ0n) is 17.6. The summed E-state index contributed by atoms with van der Waals surface area (Å²) in [6.45, 7) is 1.13. The molecule has 0 unspecified atom stereocenters. The molecular formula is C23H31FN6O2S. The van der Waals surface area contributed by atoms with E-state index in [2.05, 4.69) is 25.4 Å². The lowest BCUT2D eigenvalue weighted by atomic mass is 9.82. The summed E-state index contributed by atoms with van der Waals surface area (Å²) in [5.74, 6) is 7.01. The third kappa shape index (κ3) is 6.16. The number of sulfonamides is 1. The van der Waals surface area contributed by atoms with Crippen LogP contribution < -0.4 is 21.3 Å². The van der Waals surface area contributed by atoms with Gasteiger partial charge in [0.15, 0.2) is 5.82 Å². The molecule has 1 saturated carbocycles. The van der Waals surface area contributed by atoms with Crippen molar-refractivity contribution in [1.82, 2.24) is 14.7 Å². The predicted octanol–water partition coefficient (Wildman–Crippen LogP) is 3.89. The maximum atomic E-state index is 13.0. The monoisotopic (exact) mass is 474 g/mol. The molecule has 1 aliphatic rings. The number of anilines is 2. The van der Waals surface area contributed by atoms with Crippen LogP contribution in [0.2, 0.25) is 0 Å². The zero-order valence-corrected chi connectivity index (χ0v) is 18.4. The summed E-state index contributed by atoms with van der Waals surface area (Å²) < 4.78 is 40.5. The van der Waals surface area contributed by atoms with Crippen LogP contribution in [0.3, 0.4) is 0 Å². The third-order valence-electron chi connectivity index (χ3n) is 5.94. The standard InChI is InChI=1S/C22H27FN6O2S.CH4/c23-17-9-11-18(12-10-17)32(30,31)26-14-16-7-5-15(6-8-16)13-25-22-27-20-4-2-1-3-19(20)21(28-22)29-24;/h1-4,9-12,15-16,26H,5-8,13-14,24H2,(H2,25,27,28,29);1H4. The van der Waals surface area contributed by atoms with E-state index in [1.807, 2.05) is 24.3 Å². The molecule has 0 spiro atoms. The number of nitrogen functional groups attached to an aromatic ring is 1. The van der Waals surface area contributed by atoms with Crippen LogP contribution in [0.1, 0.15) is 33.1 Å². The summed E-state index contributed by atoms with van der Waals surface area (Å²) in [6.07, 6.45) is 3.86. The molecule has 1 fully saturated rings. The SMILES string of the molecule is C.NNc1nc(NCC2CCC(CNS(=O)(=O)c3ccc(F)cc3)CC2)nc2ccccc12. The number of nitrogens with one attached hydrogen (secondary N) is 3. The van der Waals surface area contributed by atoms with Gasteiger partial charge in [0, 0.05) is 18.5 Å². The van der Waals surface area contributed by atoms with Crippen LogP contribution in [0.4, 0.5) is 16.2 Å². The number of para-hydroxylation sites is 1. The van der Waals surface area contributed by atoms with Crippen LogP contribution in [-0.4, -0.2) is 31.5 Å². The topological polar surface area (TPSA) is 122 Å². The van der Waals surface area contributed by atoms with E-state index >= 15 is 0 Å². The van der Waals surface area contributed by atoms with Gasteiger partial charge in [-0.2, -0.15) is 4.98 Å². The van der Waals surface area contributed by atoms with Crippen molar-refractivity contribution >= 4 is 32.7 Å². The number of hydrogen-bond acceptors (Lipinski definition) is 7. The highest BCUT2D eigenvalue weighted by atomic mass is 32.2. The predicted molar refractivity (Wildman–Crippen MR) is 130 cm³/mol. The molecule has 0 amide bonds.